The minimum absolute atomic E-state index is 0.293. The first-order valence-electron chi connectivity index (χ1n) is 5.80. The number of carbonyl (C=O) groups is 1. The van der Waals surface area contributed by atoms with Crippen LogP contribution in [0.3, 0.4) is 0 Å². The van der Waals surface area contributed by atoms with Gasteiger partial charge in [-0.25, -0.2) is 9.78 Å². The summed E-state index contributed by atoms with van der Waals surface area (Å²) >= 11 is 1.39. The van der Waals surface area contributed by atoms with Gasteiger partial charge >= 0.3 is 5.97 Å². The van der Waals surface area contributed by atoms with Crippen molar-refractivity contribution < 1.29 is 14.3 Å². The van der Waals surface area contributed by atoms with Gasteiger partial charge in [-0.3, -0.25) is 0 Å². The highest BCUT2D eigenvalue weighted by atomic mass is 32.2. The van der Waals surface area contributed by atoms with E-state index in [-0.39, 0.29) is 0 Å². The molecule has 0 fully saturated rings. The van der Waals surface area contributed by atoms with Gasteiger partial charge in [0, 0.05) is 0 Å². The second-order valence-corrected chi connectivity index (χ2v) is 4.92. The van der Waals surface area contributed by atoms with Gasteiger partial charge in [0.05, 0.1) is 36.6 Å². The van der Waals surface area contributed by atoms with Crippen LogP contribution in [0.1, 0.15) is 10.4 Å². The van der Waals surface area contributed by atoms with Crippen molar-refractivity contribution in [1.29, 1.82) is 0 Å². The second-order valence-electron chi connectivity index (χ2n) is 3.85. The van der Waals surface area contributed by atoms with E-state index in [9.17, 15) is 4.79 Å². The number of hydrogen-bond acceptors (Lipinski definition) is 6. The lowest BCUT2D eigenvalue weighted by Gasteiger charge is -2.08. The predicted molar refractivity (Wildman–Crippen MR) is 77.1 cm³/mol. The Morgan fingerprint density at radius 1 is 1.30 bits per heavy atom. The number of anilines is 1. The van der Waals surface area contributed by atoms with Gasteiger partial charge in [-0.1, -0.05) is 23.9 Å². The third-order valence-corrected chi connectivity index (χ3v) is 3.59. The van der Waals surface area contributed by atoms with Crippen molar-refractivity contribution in [3.8, 4) is 5.75 Å². The lowest BCUT2D eigenvalue weighted by atomic mass is 10.2. The normalized spacial score (nSPS) is 10.1. The molecule has 0 aliphatic heterocycles. The Morgan fingerprint density at radius 2 is 2.05 bits per heavy atom. The van der Waals surface area contributed by atoms with E-state index in [1.807, 2.05) is 24.3 Å². The summed E-state index contributed by atoms with van der Waals surface area (Å²) in [6, 6.07) is 9.18. The van der Waals surface area contributed by atoms with Gasteiger partial charge in [-0.05, 0) is 18.2 Å². The Balaban J connectivity index is 2.32. The molecule has 0 saturated heterocycles. The molecule has 2 aromatic rings. The van der Waals surface area contributed by atoms with E-state index in [4.69, 9.17) is 10.5 Å². The van der Waals surface area contributed by atoms with Gasteiger partial charge in [0.2, 0.25) is 0 Å². The fourth-order valence-electron chi connectivity index (χ4n) is 1.61. The van der Waals surface area contributed by atoms with Crippen molar-refractivity contribution in [2.24, 2.45) is 0 Å². The molecule has 1 heterocycles. The third-order valence-electron chi connectivity index (χ3n) is 2.60. The first-order valence-corrected chi connectivity index (χ1v) is 6.62. The van der Waals surface area contributed by atoms with Crippen molar-refractivity contribution in [1.82, 2.24) is 4.98 Å². The Labute approximate surface area is 121 Å². The Morgan fingerprint density at radius 3 is 2.75 bits per heavy atom. The first-order chi connectivity index (χ1) is 9.65. The first kappa shape index (κ1) is 14.2. The highest BCUT2D eigenvalue weighted by Gasteiger charge is 2.13. The zero-order valence-corrected chi connectivity index (χ0v) is 11.9. The molecule has 6 heteroatoms. The van der Waals surface area contributed by atoms with Crippen LogP contribution < -0.4 is 10.5 Å². The number of carbonyl (C=O) groups excluding carboxylic acids is 1. The molecule has 5 nitrogen and oxygen atoms in total. The van der Waals surface area contributed by atoms with Crippen molar-refractivity contribution in [3.05, 3.63) is 42.1 Å². The van der Waals surface area contributed by atoms with E-state index < -0.39 is 5.97 Å². The molecule has 0 bridgehead atoms. The maximum atomic E-state index is 11.6. The van der Waals surface area contributed by atoms with Gasteiger partial charge in [0.15, 0.2) is 0 Å². The van der Waals surface area contributed by atoms with Gasteiger partial charge in [-0.15, -0.1) is 0 Å². The van der Waals surface area contributed by atoms with Crippen LogP contribution in [0, 0.1) is 0 Å². The van der Waals surface area contributed by atoms with Crippen LogP contribution in [0.2, 0.25) is 0 Å². The van der Waals surface area contributed by atoms with E-state index in [0.717, 1.165) is 10.6 Å². The number of nitrogens with two attached hydrogens (primary N) is 1. The Hall–Kier alpha value is -2.21. The molecule has 0 aliphatic carbocycles. The molecular weight excluding hydrogens is 276 g/mol. The van der Waals surface area contributed by atoms with Gasteiger partial charge < -0.3 is 15.2 Å². The number of nitrogen functional groups attached to an aromatic ring is 1. The molecule has 0 amide bonds. The van der Waals surface area contributed by atoms with Crippen LogP contribution in [0.15, 0.2) is 46.5 Å². The Kier molecular flexibility index (Phi) is 4.47. The number of esters is 1. The number of hydrogen-bond donors (Lipinski definition) is 1. The molecule has 1 aromatic carbocycles. The minimum atomic E-state index is -0.480. The highest BCUT2D eigenvalue weighted by Crippen LogP contribution is 2.34. The molecule has 104 valence electrons. The molecule has 20 heavy (non-hydrogen) atoms. The molecule has 0 atom stereocenters. The topological polar surface area (TPSA) is 74.4 Å². The van der Waals surface area contributed by atoms with Crippen molar-refractivity contribution in [3.63, 3.8) is 0 Å². The summed E-state index contributed by atoms with van der Waals surface area (Å²) in [5.74, 6) is 0.266. The number of para-hydroxylation sites is 1. The molecule has 2 N–H and O–H groups in total. The zero-order valence-electron chi connectivity index (χ0n) is 11.1. The van der Waals surface area contributed by atoms with Crippen molar-refractivity contribution >= 4 is 23.4 Å². The van der Waals surface area contributed by atoms with Crippen molar-refractivity contribution in [2.45, 2.75) is 9.92 Å². The summed E-state index contributed by atoms with van der Waals surface area (Å²) in [5.41, 5.74) is 6.32. The summed E-state index contributed by atoms with van der Waals surface area (Å²) in [6.07, 6.45) is 1.45. The standard InChI is InChI=1S/C14H14N2O3S/c1-18-11-5-3-4-6-12(11)20-13-7-9(14(17)19-2)10(15)8-16-13/h3-8H,15H2,1-2H3. The van der Waals surface area contributed by atoms with Gasteiger partial charge in [-0.2, -0.15) is 0 Å². The summed E-state index contributed by atoms with van der Waals surface area (Å²) in [4.78, 5) is 16.7. The molecule has 0 radical (unpaired) electrons. The Bertz CT molecular complexity index is 632. The number of ether oxygens (including phenoxy) is 2. The van der Waals surface area contributed by atoms with Crippen LogP contribution in [0.4, 0.5) is 5.69 Å². The van der Waals surface area contributed by atoms with Crippen LogP contribution in [0.5, 0.6) is 5.75 Å². The number of benzene rings is 1. The van der Waals surface area contributed by atoms with Crippen LogP contribution in [-0.2, 0) is 4.74 Å². The van der Waals surface area contributed by atoms with Crippen LogP contribution >= 0.6 is 11.8 Å². The number of nitrogens with zero attached hydrogens (tertiary/aromatic N) is 1. The summed E-state index contributed by atoms with van der Waals surface area (Å²) in [6.45, 7) is 0. The molecule has 0 aliphatic rings. The number of aromatic nitrogens is 1. The SMILES string of the molecule is COC(=O)c1cc(Sc2ccccc2OC)ncc1N. The summed E-state index contributed by atoms with van der Waals surface area (Å²) in [5, 5.41) is 0.643. The van der Waals surface area contributed by atoms with E-state index in [2.05, 4.69) is 9.72 Å². The molecular formula is C14H14N2O3S. The number of rotatable bonds is 4. The lowest BCUT2D eigenvalue weighted by molar-refractivity contribution is 0.0601. The second kappa shape index (κ2) is 6.29. The molecule has 0 spiro atoms. The summed E-state index contributed by atoms with van der Waals surface area (Å²) < 4.78 is 9.96. The molecule has 0 saturated carbocycles. The van der Waals surface area contributed by atoms with Gasteiger partial charge in [0.1, 0.15) is 10.8 Å². The zero-order chi connectivity index (χ0) is 14.5. The maximum absolute atomic E-state index is 11.6. The van der Waals surface area contributed by atoms with Crippen molar-refractivity contribution in [2.75, 3.05) is 20.0 Å². The van der Waals surface area contributed by atoms with E-state index in [0.29, 0.717) is 16.3 Å². The van der Waals surface area contributed by atoms with E-state index in [1.165, 1.54) is 25.1 Å². The predicted octanol–water partition coefficient (Wildman–Crippen LogP) is 2.61. The monoisotopic (exact) mass is 290 g/mol. The largest absolute Gasteiger partial charge is 0.496 e. The fourth-order valence-corrected chi connectivity index (χ4v) is 2.51. The molecule has 1 aromatic heterocycles. The van der Waals surface area contributed by atoms with Gasteiger partial charge in [0.25, 0.3) is 0 Å². The molecule has 2 rings (SSSR count). The number of pyridine rings is 1. The minimum Gasteiger partial charge on any atom is -0.496 e. The van der Waals surface area contributed by atoms with E-state index >= 15 is 0 Å². The average molecular weight is 290 g/mol. The summed E-state index contributed by atoms with van der Waals surface area (Å²) in [7, 11) is 2.92. The average Bonchev–Trinajstić information content (AvgIpc) is 2.49. The van der Waals surface area contributed by atoms with Crippen LogP contribution in [0.25, 0.3) is 0 Å². The number of methoxy groups -OCH3 is 2. The highest BCUT2D eigenvalue weighted by molar-refractivity contribution is 7.99. The molecule has 0 unspecified atom stereocenters. The van der Waals surface area contributed by atoms with E-state index in [1.54, 1.807) is 13.2 Å². The van der Waals surface area contributed by atoms with Crippen LogP contribution in [-0.4, -0.2) is 25.2 Å². The quantitative estimate of drug-likeness (QED) is 0.872. The maximum Gasteiger partial charge on any atom is 0.340 e. The third kappa shape index (κ3) is 3.03. The fraction of sp³-hybridized carbons (Fsp3) is 0.143. The smallest absolute Gasteiger partial charge is 0.340 e. The lowest BCUT2D eigenvalue weighted by Crippen LogP contribution is -2.06.